The molecule has 2 aromatic carbocycles. The number of benzene rings is 2. The lowest BCUT2D eigenvalue weighted by Crippen LogP contribution is -2.57. The van der Waals surface area contributed by atoms with Crippen LogP contribution in [0.2, 0.25) is 0 Å². The summed E-state index contributed by atoms with van der Waals surface area (Å²) in [5.74, 6) is 0.567. The number of pyridine rings is 1. The molecule has 2 saturated carbocycles. The summed E-state index contributed by atoms with van der Waals surface area (Å²) in [4.78, 5) is 54.5. The number of fused-ring (bicyclic) bond motifs is 3. The van der Waals surface area contributed by atoms with Crippen LogP contribution in [0.5, 0.6) is 11.5 Å². The molecule has 4 aliphatic rings. The summed E-state index contributed by atoms with van der Waals surface area (Å²) in [6, 6.07) is 14.1. The molecule has 4 heterocycles. The molecule has 5 atom stereocenters. The number of ether oxygens (including phenoxy) is 2. The molecule has 3 N–H and O–H groups in total. The summed E-state index contributed by atoms with van der Waals surface area (Å²) in [7, 11) is 1.64. The lowest BCUT2D eigenvalue weighted by molar-refractivity contribution is -0.140. The minimum Gasteiger partial charge on any atom is -0.496 e. The average Bonchev–Trinajstić information content (AvgIpc) is 3.91. The van der Waals surface area contributed by atoms with Crippen LogP contribution in [-0.4, -0.2) is 76.5 Å². The third-order valence-electron chi connectivity index (χ3n) is 11.9. The van der Waals surface area contributed by atoms with Gasteiger partial charge < -0.3 is 30.3 Å². The fourth-order valence-corrected chi connectivity index (χ4v) is 8.68. The first kappa shape index (κ1) is 37.0. The summed E-state index contributed by atoms with van der Waals surface area (Å²) in [6.07, 6.45) is 12.8. The van der Waals surface area contributed by atoms with Gasteiger partial charge in [0, 0.05) is 53.2 Å². The SMILES string of the molecule is COc1ccc2c(O[C@@H]3C[C@H]4C(=O)N[C@]5(C(=O)NCC6(C)CC6)C[C@H]5/C=C\CCCCC[C@H](Nc5ccccc5)C(=O)N4C3)cc(-c3nccs3)nc2c1C. The molecule has 3 fully saturated rings. The number of nitrogens with one attached hydrogen (secondary N) is 3. The number of anilines is 1. The predicted octanol–water partition coefficient (Wildman–Crippen LogP) is 6.82. The van der Waals surface area contributed by atoms with Crippen LogP contribution in [0.1, 0.15) is 70.3 Å². The van der Waals surface area contributed by atoms with E-state index in [0.717, 1.165) is 65.7 Å². The maximum atomic E-state index is 14.8. The van der Waals surface area contributed by atoms with E-state index in [4.69, 9.17) is 14.5 Å². The zero-order valence-corrected chi connectivity index (χ0v) is 32.6. The molecule has 2 aromatic heterocycles. The molecule has 4 aromatic rings. The molecule has 288 valence electrons. The molecule has 2 aliphatic heterocycles. The lowest BCUT2D eigenvalue weighted by Gasteiger charge is -2.30. The van der Waals surface area contributed by atoms with Gasteiger partial charge in [-0.2, -0.15) is 0 Å². The molecule has 8 rings (SSSR count). The number of aryl methyl sites for hydroxylation is 1. The number of hydrogen-bond acceptors (Lipinski definition) is 9. The van der Waals surface area contributed by atoms with Gasteiger partial charge in [-0.05, 0) is 75.1 Å². The standard InChI is InChI=1S/C43H50N6O5S/c1-27-35(53-3)17-16-31-36(23-33(47-37(27)31)39-44-20-21-55-39)54-30-22-34-38(50)48-43(41(52)45-26-42(2)18-19-42)24-28(43)12-8-5-4-6-11-15-32(40(51)49(34)25-30)46-29-13-9-7-10-14-29/h7-10,12-14,16-17,20-21,23,28,30,32,34,46H,4-6,11,15,18-19,22,24-26H2,1-3H3,(H,45,52)(H,48,50)/b12-8-/t28-,30-,32+,34+,43-/m1/s1. The van der Waals surface area contributed by atoms with E-state index in [9.17, 15) is 14.4 Å². The monoisotopic (exact) mass is 762 g/mol. The van der Waals surface area contributed by atoms with Gasteiger partial charge in [-0.15, -0.1) is 11.3 Å². The average molecular weight is 763 g/mol. The Kier molecular flexibility index (Phi) is 10.3. The summed E-state index contributed by atoms with van der Waals surface area (Å²) in [5.41, 5.74) is 2.20. The number of rotatable bonds is 9. The van der Waals surface area contributed by atoms with Crippen LogP contribution in [0, 0.1) is 18.3 Å². The van der Waals surface area contributed by atoms with Crippen LogP contribution in [0.3, 0.4) is 0 Å². The summed E-state index contributed by atoms with van der Waals surface area (Å²) < 4.78 is 12.5. The van der Waals surface area contributed by atoms with Crippen molar-refractivity contribution in [1.29, 1.82) is 0 Å². The first-order valence-corrected chi connectivity index (χ1v) is 20.5. The van der Waals surface area contributed by atoms with Crippen LogP contribution in [0.15, 0.2) is 72.3 Å². The summed E-state index contributed by atoms with van der Waals surface area (Å²) in [6.45, 7) is 4.94. The van der Waals surface area contributed by atoms with Gasteiger partial charge in [-0.1, -0.05) is 50.1 Å². The second-order valence-corrected chi connectivity index (χ2v) is 16.9. The zero-order chi connectivity index (χ0) is 38.2. The van der Waals surface area contributed by atoms with Gasteiger partial charge in [-0.25, -0.2) is 9.97 Å². The molecule has 11 nitrogen and oxygen atoms in total. The van der Waals surface area contributed by atoms with E-state index in [2.05, 4.69) is 40.0 Å². The minimum atomic E-state index is -1.05. The number of allylic oxidation sites excluding steroid dienone is 1. The fourth-order valence-electron chi connectivity index (χ4n) is 8.08. The number of hydrogen-bond donors (Lipinski definition) is 3. The number of methoxy groups -OCH3 is 1. The molecule has 2 aliphatic carbocycles. The van der Waals surface area contributed by atoms with Crippen LogP contribution in [-0.2, 0) is 14.4 Å². The molecule has 12 heteroatoms. The fraction of sp³-hybridized carbons (Fsp3) is 0.465. The smallest absolute Gasteiger partial charge is 0.246 e. The van der Waals surface area contributed by atoms with Crippen molar-refractivity contribution in [3.05, 3.63) is 77.8 Å². The Morgan fingerprint density at radius 1 is 1.09 bits per heavy atom. The number of para-hydroxylation sites is 1. The van der Waals surface area contributed by atoms with Crippen molar-refractivity contribution in [2.75, 3.05) is 25.5 Å². The topological polar surface area (TPSA) is 135 Å². The maximum Gasteiger partial charge on any atom is 0.246 e. The minimum absolute atomic E-state index is 0.105. The Labute approximate surface area is 326 Å². The van der Waals surface area contributed by atoms with E-state index in [1.54, 1.807) is 18.2 Å². The largest absolute Gasteiger partial charge is 0.496 e. The highest BCUT2D eigenvalue weighted by Gasteiger charge is 2.61. The maximum absolute atomic E-state index is 14.8. The highest BCUT2D eigenvalue weighted by Crippen LogP contribution is 2.47. The molecular weight excluding hydrogens is 713 g/mol. The predicted molar refractivity (Wildman–Crippen MR) is 214 cm³/mol. The van der Waals surface area contributed by atoms with E-state index in [1.165, 1.54) is 11.3 Å². The quantitative estimate of drug-likeness (QED) is 0.158. The first-order valence-electron chi connectivity index (χ1n) is 19.6. The number of carbonyl (C=O) groups is 3. The Morgan fingerprint density at radius 3 is 2.69 bits per heavy atom. The normalized spacial score (nSPS) is 26.8. The van der Waals surface area contributed by atoms with Crippen molar-refractivity contribution in [2.24, 2.45) is 11.3 Å². The molecule has 0 bridgehead atoms. The van der Waals surface area contributed by atoms with E-state index in [1.807, 2.05) is 60.8 Å². The van der Waals surface area contributed by atoms with Gasteiger partial charge >= 0.3 is 0 Å². The Hall–Kier alpha value is -4.97. The van der Waals surface area contributed by atoms with Gasteiger partial charge in [0.1, 0.15) is 45.9 Å². The molecule has 0 spiro atoms. The Morgan fingerprint density at radius 2 is 1.93 bits per heavy atom. The highest BCUT2D eigenvalue weighted by molar-refractivity contribution is 7.13. The van der Waals surface area contributed by atoms with Crippen molar-refractivity contribution >= 4 is 45.6 Å². The number of amides is 3. The van der Waals surface area contributed by atoms with Crippen molar-refractivity contribution in [3.63, 3.8) is 0 Å². The molecular formula is C43H50N6O5S. The van der Waals surface area contributed by atoms with Gasteiger partial charge in [0.15, 0.2) is 0 Å². The second kappa shape index (κ2) is 15.3. The van der Waals surface area contributed by atoms with Crippen molar-refractivity contribution < 1.29 is 23.9 Å². The van der Waals surface area contributed by atoms with Gasteiger partial charge in [0.2, 0.25) is 17.7 Å². The van der Waals surface area contributed by atoms with E-state index < -0.39 is 23.7 Å². The van der Waals surface area contributed by atoms with Crippen LogP contribution in [0.25, 0.3) is 21.6 Å². The van der Waals surface area contributed by atoms with Crippen LogP contribution in [0.4, 0.5) is 5.69 Å². The second-order valence-electron chi connectivity index (χ2n) is 16.0. The van der Waals surface area contributed by atoms with E-state index in [0.29, 0.717) is 36.6 Å². The van der Waals surface area contributed by atoms with Gasteiger partial charge in [0.05, 0.1) is 19.2 Å². The first-order chi connectivity index (χ1) is 26.7. The number of carbonyl (C=O) groups excluding carboxylic acids is 3. The zero-order valence-electron chi connectivity index (χ0n) is 31.8. The van der Waals surface area contributed by atoms with Gasteiger partial charge in [-0.3, -0.25) is 14.4 Å². The molecule has 55 heavy (non-hydrogen) atoms. The van der Waals surface area contributed by atoms with Crippen molar-refractivity contribution in [3.8, 4) is 22.2 Å². The van der Waals surface area contributed by atoms with E-state index >= 15 is 0 Å². The van der Waals surface area contributed by atoms with Crippen molar-refractivity contribution in [1.82, 2.24) is 25.5 Å². The molecule has 0 radical (unpaired) electrons. The molecule has 0 unspecified atom stereocenters. The number of aromatic nitrogens is 2. The third kappa shape index (κ3) is 7.78. The summed E-state index contributed by atoms with van der Waals surface area (Å²) >= 11 is 1.49. The third-order valence-corrected chi connectivity index (χ3v) is 12.6. The van der Waals surface area contributed by atoms with Crippen LogP contribution < -0.4 is 25.4 Å². The Balaban J connectivity index is 1.13. The lowest BCUT2D eigenvalue weighted by atomic mass is 10.0. The van der Waals surface area contributed by atoms with Gasteiger partial charge in [0.25, 0.3) is 0 Å². The molecule has 1 saturated heterocycles. The van der Waals surface area contributed by atoms with Crippen LogP contribution >= 0.6 is 11.3 Å². The number of thiazole rings is 1. The van der Waals surface area contributed by atoms with Crippen molar-refractivity contribution in [2.45, 2.75) is 95.4 Å². The number of nitrogens with zero attached hydrogens (tertiary/aromatic N) is 3. The Bertz CT molecular complexity index is 2090. The molecule has 3 amide bonds. The summed E-state index contributed by atoms with van der Waals surface area (Å²) in [5, 5.41) is 13.3. The highest BCUT2D eigenvalue weighted by atomic mass is 32.1. The van der Waals surface area contributed by atoms with E-state index in [-0.39, 0.29) is 42.0 Å².